The van der Waals surface area contributed by atoms with E-state index in [0.29, 0.717) is 6.54 Å². The highest BCUT2D eigenvalue weighted by atomic mass is 127. The van der Waals surface area contributed by atoms with Gasteiger partial charge in [0.2, 0.25) is 0 Å². The van der Waals surface area contributed by atoms with Gasteiger partial charge < -0.3 is 19.5 Å². The molecule has 0 saturated carbocycles. The van der Waals surface area contributed by atoms with Gasteiger partial charge in [0.05, 0.1) is 6.10 Å². The highest BCUT2D eigenvalue weighted by molar-refractivity contribution is 14.0. The van der Waals surface area contributed by atoms with Crippen molar-refractivity contribution in [3.8, 4) is 0 Å². The SMILES string of the molecule is CSc1ccc(CN(C)C(=NCc2nnc(C)n2C)NCC2CCCO2)cc1.I. The Morgan fingerprint density at radius 1 is 1.34 bits per heavy atom. The number of ether oxygens (including phenoxy) is 1. The largest absolute Gasteiger partial charge is 0.376 e. The third kappa shape index (κ3) is 6.85. The van der Waals surface area contributed by atoms with Crippen LogP contribution >= 0.6 is 35.7 Å². The zero-order valence-corrected chi connectivity index (χ0v) is 20.7. The van der Waals surface area contributed by atoms with Crippen molar-refractivity contribution in [3.05, 3.63) is 41.5 Å². The second-order valence-electron chi connectivity index (χ2n) is 7.08. The van der Waals surface area contributed by atoms with Crippen molar-refractivity contribution in [2.75, 3.05) is 26.5 Å². The van der Waals surface area contributed by atoms with Gasteiger partial charge in [-0.15, -0.1) is 45.9 Å². The average Bonchev–Trinajstić information content (AvgIpc) is 3.33. The molecule has 29 heavy (non-hydrogen) atoms. The summed E-state index contributed by atoms with van der Waals surface area (Å²) in [6, 6.07) is 8.66. The van der Waals surface area contributed by atoms with Gasteiger partial charge in [-0.2, -0.15) is 0 Å². The summed E-state index contributed by atoms with van der Waals surface area (Å²) in [7, 11) is 4.03. The number of benzene rings is 1. The fraction of sp³-hybridized carbons (Fsp3) is 0.550. The fourth-order valence-corrected chi connectivity index (χ4v) is 3.54. The van der Waals surface area contributed by atoms with Crippen LogP contribution < -0.4 is 5.32 Å². The maximum atomic E-state index is 5.75. The average molecular weight is 530 g/mol. The van der Waals surface area contributed by atoms with Crippen molar-refractivity contribution < 1.29 is 4.74 Å². The summed E-state index contributed by atoms with van der Waals surface area (Å²) >= 11 is 1.76. The molecule has 1 aliphatic heterocycles. The van der Waals surface area contributed by atoms with Crippen molar-refractivity contribution in [2.24, 2.45) is 12.0 Å². The minimum Gasteiger partial charge on any atom is -0.376 e. The number of halogens is 1. The van der Waals surface area contributed by atoms with Gasteiger partial charge in [-0.1, -0.05) is 12.1 Å². The Hall–Kier alpha value is -1.33. The summed E-state index contributed by atoms with van der Waals surface area (Å²) in [5, 5.41) is 11.8. The molecule has 1 fully saturated rings. The van der Waals surface area contributed by atoms with Crippen LogP contribution in [0.1, 0.15) is 30.1 Å². The highest BCUT2D eigenvalue weighted by Gasteiger charge is 2.17. The topological polar surface area (TPSA) is 67.6 Å². The van der Waals surface area contributed by atoms with Crippen LogP contribution in [0.5, 0.6) is 0 Å². The van der Waals surface area contributed by atoms with Crippen molar-refractivity contribution >= 4 is 41.7 Å². The summed E-state index contributed by atoms with van der Waals surface area (Å²) in [5.41, 5.74) is 1.25. The molecule has 0 spiro atoms. The Labute approximate surface area is 194 Å². The molecule has 1 aromatic carbocycles. The number of hydrogen-bond acceptors (Lipinski definition) is 5. The molecule has 0 radical (unpaired) electrons. The quantitative estimate of drug-likeness (QED) is 0.257. The Balaban J connectivity index is 0.00000300. The smallest absolute Gasteiger partial charge is 0.194 e. The number of rotatable bonds is 7. The van der Waals surface area contributed by atoms with Crippen LogP contribution in [0.4, 0.5) is 0 Å². The summed E-state index contributed by atoms with van der Waals surface area (Å²) in [6.45, 7) is 4.84. The third-order valence-corrected chi connectivity index (χ3v) is 5.75. The lowest BCUT2D eigenvalue weighted by Crippen LogP contribution is -2.42. The van der Waals surface area contributed by atoms with E-state index in [4.69, 9.17) is 9.73 Å². The molecule has 1 unspecified atom stereocenters. The van der Waals surface area contributed by atoms with Gasteiger partial charge in [-0.3, -0.25) is 0 Å². The van der Waals surface area contributed by atoms with E-state index in [1.54, 1.807) is 11.8 Å². The number of aliphatic imine (C=N–C) groups is 1. The molecule has 1 N–H and O–H groups in total. The Bertz CT molecular complexity index is 789. The molecule has 2 heterocycles. The Kier molecular flexibility index (Phi) is 9.70. The molecule has 9 heteroatoms. The zero-order valence-electron chi connectivity index (χ0n) is 17.6. The summed E-state index contributed by atoms with van der Waals surface area (Å²) in [4.78, 5) is 8.23. The fourth-order valence-electron chi connectivity index (χ4n) is 3.14. The first-order chi connectivity index (χ1) is 13.6. The predicted molar refractivity (Wildman–Crippen MR) is 129 cm³/mol. The van der Waals surface area contributed by atoms with E-state index in [9.17, 15) is 0 Å². The molecule has 1 aliphatic rings. The van der Waals surface area contributed by atoms with Crippen LogP contribution in [0.25, 0.3) is 0 Å². The van der Waals surface area contributed by atoms with Crippen LogP contribution in [0.3, 0.4) is 0 Å². The van der Waals surface area contributed by atoms with Gasteiger partial charge >= 0.3 is 0 Å². The van der Waals surface area contributed by atoms with Crippen molar-refractivity contribution in [1.82, 2.24) is 25.0 Å². The summed E-state index contributed by atoms with van der Waals surface area (Å²) < 4.78 is 7.72. The van der Waals surface area contributed by atoms with Gasteiger partial charge in [-0.25, -0.2) is 4.99 Å². The molecular formula is C20H31IN6OS. The number of thioether (sulfide) groups is 1. The van der Waals surface area contributed by atoms with E-state index in [1.165, 1.54) is 10.5 Å². The predicted octanol–water partition coefficient (Wildman–Crippen LogP) is 3.22. The molecule has 2 aromatic rings. The molecular weight excluding hydrogens is 499 g/mol. The third-order valence-electron chi connectivity index (χ3n) is 5.01. The second-order valence-corrected chi connectivity index (χ2v) is 7.96. The van der Waals surface area contributed by atoms with Crippen LogP contribution in [0.15, 0.2) is 34.2 Å². The molecule has 7 nitrogen and oxygen atoms in total. The number of nitrogens with one attached hydrogen (secondary N) is 1. The van der Waals surface area contributed by atoms with E-state index in [2.05, 4.69) is 58.0 Å². The molecule has 0 bridgehead atoms. The molecule has 1 atom stereocenters. The Morgan fingerprint density at radius 2 is 2.10 bits per heavy atom. The van der Waals surface area contributed by atoms with Gasteiger partial charge in [0.25, 0.3) is 0 Å². The first kappa shape index (κ1) is 23.9. The molecule has 0 aliphatic carbocycles. The lowest BCUT2D eigenvalue weighted by molar-refractivity contribution is 0.113. The molecule has 1 saturated heterocycles. The molecule has 160 valence electrons. The standard InChI is InChI=1S/C20H30N6OS.HI/c1-15-23-24-19(26(15)3)13-22-20(21-12-17-6-5-11-27-17)25(2)14-16-7-9-18(28-4)10-8-16;/h7-10,17H,5-6,11-14H2,1-4H3,(H,21,22);1H. The number of aromatic nitrogens is 3. The number of guanidine groups is 1. The normalized spacial score (nSPS) is 16.6. The van der Waals surface area contributed by atoms with E-state index in [1.807, 2.05) is 18.5 Å². The number of aryl methyl sites for hydroxylation is 1. The van der Waals surface area contributed by atoms with Crippen molar-refractivity contribution in [2.45, 2.75) is 43.9 Å². The van der Waals surface area contributed by atoms with Crippen LogP contribution in [0, 0.1) is 6.92 Å². The number of hydrogen-bond donors (Lipinski definition) is 1. The Morgan fingerprint density at radius 3 is 2.69 bits per heavy atom. The first-order valence-corrected chi connectivity index (χ1v) is 10.9. The van der Waals surface area contributed by atoms with Crippen molar-refractivity contribution in [1.29, 1.82) is 0 Å². The van der Waals surface area contributed by atoms with Crippen LogP contribution in [0.2, 0.25) is 0 Å². The molecule has 3 rings (SSSR count). The van der Waals surface area contributed by atoms with Gasteiger partial charge in [0.15, 0.2) is 11.8 Å². The maximum Gasteiger partial charge on any atom is 0.194 e. The minimum absolute atomic E-state index is 0. The first-order valence-electron chi connectivity index (χ1n) is 9.65. The van der Waals surface area contributed by atoms with E-state index >= 15 is 0 Å². The van der Waals surface area contributed by atoms with Gasteiger partial charge in [0.1, 0.15) is 12.4 Å². The molecule has 1 aromatic heterocycles. The maximum absolute atomic E-state index is 5.75. The lowest BCUT2D eigenvalue weighted by Gasteiger charge is -2.24. The zero-order chi connectivity index (χ0) is 19.9. The monoisotopic (exact) mass is 530 g/mol. The highest BCUT2D eigenvalue weighted by Crippen LogP contribution is 2.16. The van der Waals surface area contributed by atoms with Crippen LogP contribution in [-0.4, -0.2) is 58.2 Å². The number of nitrogens with zero attached hydrogens (tertiary/aromatic N) is 5. The van der Waals surface area contributed by atoms with E-state index in [0.717, 1.165) is 50.1 Å². The van der Waals surface area contributed by atoms with Gasteiger partial charge in [-0.05, 0) is 43.7 Å². The van der Waals surface area contributed by atoms with Crippen molar-refractivity contribution in [3.63, 3.8) is 0 Å². The van der Waals surface area contributed by atoms with Crippen LogP contribution in [-0.2, 0) is 24.9 Å². The summed E-state index contributed by atoms with van der Waals surface area (Å²) in [5.74, 6) is 2.60. The van der Waals surface area contributed by atoms with E-state index < -0.39 is 0 Å². The second kappa shape index (κ2) is 11.8. The lowest BCUT2D eigenvalue weighted by atomic mass is 10.2. The van der Waals surface area contributed by atoms with E-state index in [-0.39, 0.29) is 30.1 Å². The minimum atomic E-state index is 0. The van der Waals surface area contributed by atoms with Gasteiger partial charge in [0, 0.05) is 38.7 Å². The molecule has 0 amide bonds. The summed E-state index contributed by atoms with van der Waals surface area (Å²) in [6.07, 6.45) is 4.59.